The largest absolute Gasteiger partial charge is 0.451 e. The Morgan fingerprint density at radius 1 is 1.26 bits per heavy atom. The molecule has 2 saturated heterocycles. The zero-order chi connectivity index (χ0) is 18.1. The van der Waals surface area contributed by atoms with Crippen LogP contribution in [0.4, 0.5) is 0 Å². The van der Waals surface area contributed by atoms with E-state index in [1.54, 1.807) is 0 Å². The van der Waals surface area contributed by atoms with E-state index in [0.717, 1.165) is 55.6 Å². The maximum Gasteiger partial charge on any atom is 0.289 e. The highest BCUT2D eigenvalue weighted by atomic mass is 35.5. The van der Waals surface area contributed by atoms with Gasteiger partial charge in [0, 0.05) is 30.6 Å². The first-order chi connectivity index (χ1) is 12.6. The number of hydrogen-bond acceptors (Lipinski definition) is 4. The molecule has 0 saturated carbocycles. The van der Waals surface area contributed by atoms with Crippen LogP contribution < -0.4 is 5.32 Å². The number of piperidine rings is 1. The smallest absolute Gasteiger partial charge is 0.289 e. The van der Waals surface area contributed by atoms with Gasteiger partial charge in [0.15, 0.2) is 5.76 Å². The van der Waals surface area contributed by atoms with Gasteiger partial charge in [-0.3, -0.25) is 4.79 Å². The van der Waals surface area contributed by atoms with Crippen LogP contribution in [-0.4, -0.2) is 43.1 Å². The van der Waals surface area contributed by atoms with Crippen molar-refractivity contribution in [3.8, 4) is 0 Å². The van der Waals surface area contributed by atoms with E-state index in [1.165, 1.54) is 6.42 Å². The number of rotatable bonds is 4. The number of benzene rings is 1. The highest BCUT2D eigenvalue weighted by molar-refractivity contribution is 5.99. The predicted molar refractivity (Wildman–Crippen MR) is 108 cm³/mol. The summed E-state index contributed by atoms with van der Waals surface area (Å²) in [5.74, 6) is 0.455. The Kier molecular flexibility index (Phi) is 6.14. The summed E-state index contributed by atoms with van der Waals surface area (Å²) >= 11 is 0. The van der Waals surface area contributed by atoms with Gasteiger partial charge in [0.25, 0.3) is 5.91 Å². The molecule has 4 rings (SSSR count). The van der Waals surface area contributed by atoms with E-state index >= 15 is 0 Å². The van der Waals surface area contributed by atoms with Gasteiger partial charge in [-0.2, -0.15) is 0 Å². The first kappa shape index (κ1) is 20.2. The van der Waals surface area contributed by atoms with Gasteiger partial charge < -0.3 is 19.4 Å². The Hall–Kier alpha value is -1.56. The molecule has 0 aliphatic carbocycles. The summed E-state index contributed by atoms with van der Waals surface area (Å²) in [4.78, 5) is 15.2. The quantitative estimate of drug-likeness (QED) is 0.854. The molecule has 0 unspecified atom stereocenters. The summed E-state index contributed by atoms with van der Waals surface area (Å²) in [6, 6.07) is 7.83. The number of fused-ring (bicyclic) bond motifs is 1. The van der Waals surface area contributed by atoms with Crippen molar-refractivity contribution in [1.82, 2.24) is 10.2 Å². The molecule has 3 heterocycles. The fraction of sp³-hybridized carbons (Fsp3) is 0.571. The number of ether oxygens (including phenoxy) is 1. The SMILES string of the molecule is CC(C)OCc1c(C(=O)N2CCC3(CCNC3)CC2)oc2ccccc12.Cl. The van der Waals surface area contributed by atoms with Gasteiger partial charge in [-0.15, -0.1) is 12.4 Å². The lowest BCUT2D eigenvalue weighted by molar-refractivity contribution is 0.0535. The third-order valence-corrected chi connectivity index (χ3v) is 5.90. The second kappa shape index (κ2) is 8.21. The monoisotopic (exact) mass is 392 g/mol. The zero-order valence-electron chi connectivity index (χ0n) is 16.1. The van der Waals surface area contributed by atoms with Gasteiger partial charge in [0.05, 0.1) is 12.7 Å². The Bertz CT molecular complexity index is 786. The van der Waals surface area contributed by atoms with Gasteiger partial charge in [-0.05, 0) is 51.1 Å². The molecule has 1 N–H and O–H groups in total. The van der Waals surface area contributed by atoms with Crippen molar-refractivity contribution in [2.75, 3.05) is 26.2 Å². The van der Waals surface area contributed by atoms with Crippen LogP contribution in [0.5, 0.6) is 0 Å². The number of hydrogen-bond donors (Lipinski definition) is 1. The van der Waals surface area contributed by atoms with E-state index < -0.39 is 0 Å². The van der Waals surface area contributed by atoms with Crippen LogP contribution >= 0.6 is 12.4 Å². The summed E-state index contributed by atoms with van der Waals surface area (Å²) in [5, 5.41) is 4.45. The minimum absolute atomic E-state index is 0. The Balaban J connectivity index is 0.00000210. The fourth-order valence-corrected chi connectivity index (χ4v) is 4.21. The lowest BCUT2D eigenvalue weighted by atomic mass is 9.78. The number of carbonyl (C=O) groups excluding carboxylic acids is 1. The molecule has 2 aromatic rings. The number of furan rings is 1. The molecular formula is C21H29ClN2O3. The third kappa shape index (κ3) is 4.00. The summed E-state index contributed by atoms with van der Waals surface area (Å²) in [7, 11) is 0. The summed E-state index contributed by atoms with van der Waals surface area (Å²) < 4.78 is 11.8. The average molecular weight is 393 g/mol. The Morgan fingerprint density at radius 2 is 2.00 bits per heavy atom. The second-order valence-electron chi connectivity index (χ2n) is 7.98. The van der Waals surface area contributed by atoms with Gasteiger partial charge >= 0.3 is 0 Å². The van der Waals surface area contributed by atoms with Crippen molar-refractivity contribution in [3.63, 3.8) is 0 Å². The molecule has 2 aliphatic heterocycles. The summed E-state index contributed by atoms with van der Waals surface area (Å²) in [5.41, 5.74) is 2.03. The molecule has 2 aliphatic rings. The number of halogens is 1. The number of likely N-dealkylation sites (tertiary alicyclic amines) is 1. The number of carbonyl (C=O) groups is 1. The number of nitrogens with one attached hydrogen (secondary N) is 1. The highest BCUT2D eigenvalue weighted by Gasteiger charge is 2.39. The molecule has 1 amide bonds. The van der Waals surface area contributed by atoms with Crippen LogP contribution in [0.3, 0.4) is 0 Å². The molecule has 0 bridgehead atoms. The van der Waals surface area contributed by atoms with E-state index in [-0.39, 0.29) is 24.4 Å². The molecule has 1 spiro atoms. The van der Waals surface area contributed by atoms with Crippen molar-refractivity contribution in [1.29, 1.82) is 0 Å². The minimum atomic E-state index is 0. The first-order valence-corrected chi connectivity index (χ1v) is 9.70. The van der Waals surface area contributed by atoms with Crippen LogP contribution in [0.2, 0.25) is 0 Å². The lowest BCUT2D eigenvalue weighted by Crippen LogP contribution is -2.44. The number of para-hydroxylation sites is 1. The van der Waals surface area contributed by atoms with Crippen molar-refractivity contribution in [2.24, 2.45) is 5.41 Å². The lowest BCUT2D eigenvalue weighted by Gasteiger charge is -2.38. The molecule has 148 valence electrons. The molecule has 6 heteroatoms. The molecular weight excluding hydrogens is 364 g/mol. The van der Waals surface area contributed by atoms with Gasteiger partial charge in [0.2, 0.25) is 0 Å². The van der Waals surface area contributed by atoms with Crippen molar-refractivity contribution >= 4 is 29.3 Å². The van der Waals surface area contributed by atoms with E-state index in [1.807, 2.05) is 43.0 Å². The molecule has 2 fully saturated rings. The summed E-state index contributed by atoms with van der Waals surface area (Å²) in [6.45, 7) is 8.22. The topological polar surface area (TPSA) is 54.7 Å². The van der Waals surface area contributed by atoms with E-state index in [2.05, 4.69) is 5.32 Å². The van der Waals surface area contributed by atoms with Gasteiger partial charge in [0.1, 0.15) is 5.58 Å². The van der Waals surface area contributed by atoms with Crippen molar-refractivity contribution in [2.45, 2.75) is 45.8 Å². The maximum absolute atomic E-state index is 13.2. The van der Waals surface area contributed by atoms with Gasteiger partial charge in [-0.25, -0.2) is 0 Å². The Morgan fingerprint density at radius 3 is 2.67 bits per heavy atom. The van der Waals surface area contributed by atoms with Crippen molar-refractivity contribution in [3.05, 3.63) is 35.6 Å². The molecule has 5 nitrogen and oxygen atoms in total. The zero-order valence-corrected chi connectivity index (χ0v) is 16.9. The summed E-state index contributed by atoms with van der Waals surface area (Å²) in [6.07, 6.45) is 3.48. The number of amides is 1. The van der Waals surface area contributed by atoms with Crippen LogP contribution in [0.15, 0.2) is 28.7 Å². The normalized spacial score (nSPS) is 19.0. The van der Waals surface area contributed by atoms with Crippen molar-refractivity contribution < 1.29 is 13.9 Å². The van der Waals surface area contributed by atoms with Crippen LogP contribution in [-0.2, 0) is 11.3 Å². The standard InChI is InChI=1S/C21H28N2O3.ClH/c1-15(2)25-13-17-16-5-3-4-6-18(16)26-19(17)20(24)23-11-8-21(9-12-23)7-10-22-14-21;/h3-6,15,22H,7-14H2,1-2H3;1H. The number of nitrogens with zero attached hydrogens (tertiary/aromatic N) is 1. The van der Waals surface area contributed by atoms with E-state index in [9.17, 15) is 4.79 Å². The molecule has 0 radical (unpaired) electrons. The molecule has 1 aromatic carbocycles. The highest BCUT2D eigenvalue weighted by Crippen LogP contribution is 2.38. The third-order valence-electron chi connectivity index (χ3n) is 5.90. The molecule has 1 aromatic heterocycles. The van der Waals surface area contributed by atoms with Crippen LogP contribution in [0, 0.1) is 5.41 Å². The van der Waals surface area contributed by atoms with E-state index in [4.69, 9.17) is 9.15 Å². The molecule has 27 heavy (non-hydrogen) atoms. The minimum Gasteiger partial charge on any atom is -0.451 e. The van der Waals surface area contributed by atoms with Crippen LogP contribution in [0.25, 0.3) is 11.0 Å². The average Bonchev–Trinajstić information content (AvgIpc) is 3.25. The van der Waals surface area contributed by atoms with E-state index in [0.29, 0.717) is 17.8 Å². The maximum atomic E-state index is 13.2. The van der Waals surface area contributed by atoms with Crippen LogP contribution in [0.1, 0.15) is 49.2 Å². The van der Waals surface area contributed by atoms with Gasteiger partial charge in [-0.1, -0.05) is 18.2 Å². The molecule has 0 atom stereocenters. The Labute approximate surface area is 166 Å². The second-order valence-corrected chi connectivity index (χ2v) is 7.98. The predicted octanol–water partition coefficient (Wildman–Crippen LogP) is 4.00. The first-order valence-electron chi connectivity index (χ1n) is 9.70. The fourth-order valence-electron chi connectivity index (χ4n) is 4.21.